The van der Waals surface area contributed by atoms with Crippen LogP contribution in [-0.4, -0.2) is 14.1 Å². The van der Waals surface area contributed by atoms with Crippen LogP contribution in [-0.2, 0) is 6.42 Å². The molecule has 0 radical (unpaired) electrons. The second-order valence-electron chi connectivity index (χ2n) is 9.00. The number of nitriles is 1. The van der Waals surface area contributed by atoms with E-state index in [1.54, 1.807) is 31.3 Å². The normalized spacial score (nSPS) is 11.8. The van der Waals surface area contributed by atoms with E-state index in [0.29, 0.717) is 11.1 Å². The smallest absolute Gasteiger partial charge is 0.276 e. The number of rotatable bonds is 5. The molecular formula is C28H23F3N4O2. The minimum Gasteiger partial charge on any atom is -0.276 e. The van der Waals surface area contributed by atoms with Crippen LogP contribution in [0.1, 0.15) is 40.8 Å². The number of aryl methyl sites for hydroxylation is 3. The fraction of sp³-hybridized carbons (Fsp3) is 0.214. The van der Waals surface area contributed by atoms with Gasteiger partial charge in [-0.25, -0.2) is 22.5 Å². The Balaban J connectivity index is 2.16. The van der Waals surface area contributed by atoms with Crippen molar-refractivity contribution >= 4 is 0 Å². The molecule has 37 heavy (non-hydrogen) atoms. The number of hydrogen-bond donors (Lipinski definition) is 0. The molecule has 4 aromatic rings. The fourth-order valence-corrected chi connectivity index (χ4v) is 4.25. The molecule has 0 aliphatic carbocycles. The summed E-state index contributed by atoms with van der Waals surface area (Å²) < 4.78 is 43.9. The standard InChI is InChI=1S/C28H23F3N4O2/c1-15-7-21(14-33-13-15)35-27(36)22(9-19-10-23(29)25(31)24(30)11-19)26(34(28(35)37)18(4)12-32)20-6-5-16(2)17(3)8-20/h5-8,10-11,13-14,18H,9H2,1-4H3. The van der Waals surface area contributed by atoms with Crippen molar-refractivity contribution in [1.82, 2.24) is 14.1 Å². The lowest BCUT2D eigenvalue weighted by atomic mass is 9.96. The van der Waals surface area contributed by atoms with E-state index in [0.717, 1.165) is 27.8 Å². The molecule has 188 valence electrons. The predicted molar refractivity (Wildman–Crippen MR) is 133 cm³/mol. The summed E-state index contributed by atoms with van der Waals surface area (Å²) in [4.78, 5) is 31.8. The van der Waals surface area contributed by atoms with Crippen LogP contribution >= 0.6 is 0 Å². The average Bonchev–Trinajstić information content (AvgIpc) is 2.85. The highest BCUT2D eigenvalue weighted by Crippen LogP contribution is 2.28. The molecular weight excluding hydrogens is 481 g/mol. The van der Waals surface area contributed by atoms with Crippen molar-refractivity contribution in [2.45, 2.75) is 40.2 Å². The quantitative estimate of drug-likeness (QED) is 0.355. The third kappa shape index (κ3) is 4.70. The second-order valence-corrected chi connectivity index (χ2v) is 9.00. The minimum atomic E-state index is -1.62. The summed E-state index contributed by atoms with van der Waals surface area (Å²) >= 11 is 0. The number of benzene rings is 2. The highest BCUT2D eigenvalue weighted by molar-refractivity contribution is 5.66. The largest absolute Gasteiger partial charge is 0.337 e. The van der Waals surface area contributed by atoms with Crippen LogP contribution in [0.15, 0.2) is 58.4 Å². The Bertz CT molecular complexity index is 1680. The van der Waals surface area contributed by atoms with E-state index in [1.807, 2.05) is 26.0 Å². The lowest BCUT2D eigenvalue weighted by Crippen LogP contribution is -2.42. The Morgan fingerprint density at radius 1 is 0.973 bits per heavy atom. The number of pyridine rings is 1. The highest BCUT2D eigenvalue weighted by atomic mass is 19.2. The topological polar surface area (TPSA) is 80.7 Å². The number of aromatic nitrogens is 3. The van der Waals surface area contributed by atoms with Crippen LogP contribution in [0.5, 0.6) is 0 Å². The van der Waals surface area contributed by atoms with Gasteiger partial charge in [0, 0.05) is 18.2 Å². The van der Waals surface area contributed by atoms with Crippen molar-refractivity contribution < 1.29 is 13.2 Å². The van der Waals surface area contributed by atoms with Gasteiger partial charge in [0.25, 0.3) is 5.56 Å². The highest BCUT2D eigenvalue weighted by Gasteiger charge is 2.25. The second kappa shape index (κ2) is 9.90. The molecule has 4 rings (SSSR count). The van der Waals surface area contributed by atoms with Gasteiger partial charge in [0.05, 0.1) is 23.6 Å². The van der Waals surface area contributed by atoms with E-state index < -0.39 is 34.7 Å². The van der Waals surface area contributed by atoms with Gasteiger partial charge in [0.1, 0.15) is 6.04 Å². The van der Waals surface area contributed by atoms with Gasteiger partial charge < -0.3 is 0 Å². The molecule has 2 heterocycles. The first-order valence-corrected chi connectivity index (χ1v) is 11.5. The first kappa shape index (κ1) is 25.6. The lowest BCUT2D eigenvalue weighted by molar-refractivity contribution is 0.445. The van der Waals surface area contributed by atoms with Crippen LogP contribution in [0.4, 0.5) is 13.2 Å². The van der Waals surface area contributed by atoms with Crippen LogP contribution in [0.2, 0.25) is 0 Å². The molecule has 2 aromatic heterocycles. The molecule has 0 aliphatic rings. The lowest BCUT2D eigenvalue weighted by Gasteiger charge is -2.22. The van der Waals surface area contributed by atoms with E-state index in [9.17, 15) is 28.0 Å². The van der Waals surface area contributed by atoms with Crippen LogP contribution in [0.3, 0.4) is 0 Å². The zero-order chi connectivity index (χ0) is 27.0. The molecule has 9 heteroatoms. The molecule has 1 unspecified atom stereocenters. The van der Waals surface area contributed by atoms with Crippen molar-refractivity contribution in [3.05, 3.63) is 115 Å². The molecule has 0 saturated heterocycles. The van der Waals surface area contributed by atoms with Gasteiger partial charge in [-0.2, -0.15) is 5.26 Å². The zero-order valence-corrected chi connectivity index (χ0v) is 20.6. The monoisotopic (exact) mass is 504 g/mol. The van der Waals surface area contributed by atoms with Crippen molar-refractivity contribution in [3.8, 4) is 23.0 Å². The number of hydrogen-bond acceptors (Lipinski definition) is 4. The number of nitrogens with zero attached hydrogens (tertiary/aromatic N) is 4. The van der Waals surface area contributed by atoms with E-state index in [2.05, 4.69) is 4.98 Å². The van der Waals surface area contributed by atoms with Crippen molar-refractivity contribution in [2.75, 3.05) is 0 Å². The van der Waals surface area contributed by atoms with E-state index in [4.69, 9.17) is 0 Å². The zero-order valence-electron chi connectivity index (χ0n) is 20.6. The summed E-state index contributed by atoms with van der Waals surface area (Å²) in [7, 11) is 0. The molecule has 6 nitrogen and oxygen atoms in total. The molecule has 2 aromatic carbocycles. The Morgan fingerprint density at radius 3 is 2.24 bits per heavy atom. The first-order chi connectivity index (χ1) is 17.5. The molecule has 0 aliphatic heterocycles. The van der Waals surface area contributed by atoms with E-state index >= 15 is 0 Å². The fourth-order valence-electron chi connectivity index (χ4n) is 4.25. The summed E-state index contributed by atoms with van der Waals surface area (Å²) in [5, 5.41) is 9.79. The van der Waals surface area contributed by atoms with E-state index in [1.165, 1.54) is 17.7 Å². The van der Waals surface area contributed by atoms with Gasteiger partial charge in [-0.1, -0.05) is 12.1 Å². The SMILES string of the molecule is Cc1cncc(-n2c(=O)c(Cc3cc(F)c(F)c(F)c3)c(-c3ccc(C)c(C)c3)n(C(C)C#N)c2=O)c1. The predicted octanol–water partition coefficient (Wildman–Crippen LogP) is 5.08. The van der Waals surface area contributed by atoms with Gasteiger partial charge in [0.2, 0.25) is 0 Å². The van der Waals surface area contributed by atoms with Crippen LogP contribution in [0, 0.1) is 49.6 Å². The summed E-state index contributed by atoms with van der Waals surface area (Å²) in [6.07, 6.45) is 2.57. The minimum absolute atomic E-state index is 0.0110. The summed E-state index contributed by atoms with van der Waals surface area (Å²) in [6, 6.07) is 9.55. The maximum absolute atomic E-state index is 14.1. The van der Waals surface area contributed by atoms with Gasteiger partial charge in [-0.3, -0.25) is 14.3 Å². The molecule has 0 saturated carbocycles. The Hall–Kier alpha value is -4.45. The van der Waals surface area contributed by atoms with Crippen molar-refractivity contribution in [3.63, 3.8) is 0 Å². The van der Waals surface area contributed by atoms with Gasteiger partial charge in [0.15, 0.2) is 17.5 Å². The average molecular weight is 505 g/mol. The van der Waals surface area contributed by atoms with Gasteiger partial charge >= 0.3 is 5.69 Å². The van der Waals surface area contributed by atoms with E-state index in [-0.39, 0.29) is 28.9 Å². The molecule has 0 N–H and O–H groups in total. The Morgan fingerprint density at radius 2 is 1.65 bits per heavy atom. The molecule has 0 amide bonds. The third-order valence-electron chi connectivity index (χ3n) is 6.28. The summed E-state index contributed by atoms with van der Waals surface area (Å²) in [5.74, 6) is -4.42. The van der Waals surface area contributed by atoms with Crippen molar-refractivity contribution in [1.29, 1.82) is 5.26 Å². The third-order valence-corrected chi connectivity index (χ3v) is 6.28. The maximum Gasteiger partial charge on any atom is 0.337 e. The maximum atomic E-state index is 14.1. The first-order valence-electron chi connectivity index (χ1n) is 11.5. The number of halogens is 3. The summed E-state index contributed by atoms with van der Waals surface area (Å²) in [5.41, 5.74) is 1.83. The van der Waals surface area contributed by atoms with Gasteiger partial charge in [-0.05, 0) is 79.8 Å². The summed E-state index contributed by atoms with van der Waals surface area (Å²) in [6.45, 7) is 7.01. The molecule has 1 atom stereocenters. The van der Waals surface area contributed by atoms with Crippen LogP contribution < -0.4 is 11.2 Å². The molecule has 0 bridgehead atoms. The molecule has 0 fully saturated rings. The van der Waals surface area contributed by atoms with Crippen molar-refractivity contribution in [2.24, 2.45) is 0 Å². The van der Waals surface area contributed by atoms with Gasteiger partial charge in [-0.15, -0.1) is 0 Å². The Labute approximate surface area is 210 Å². The Kier molecular flexibility index (Phi) is 6.86. The van der Waals surface area contributed by atoms with Crippen LogP contribution in [0.25, 0.3) is 16.9 Å². The molecule has 0 spiro atoms.